The van der Waals surface area contributed by atoms with Gasteiger partial charge in [-0.2, -0.15) is 10.4 Å². The Hall–Kier alpha value is -2.88. The predicted molar refractivity (Wildman–Crippen MR) is 103 cm³/mol. The summed E-state index contributed by atoms with van der Waals surface area (Å²) < 4.78 is 1.77. The van der Waals surface area contributed by atoms with Gasteiger partial charge in [0, 0.05) is 37.6 Å². The van der Waals surface area contributed by atoms with Gasteiger partial charge in [-0.1, -0.05) is 12.8 Å². The summed E-state index contributed by atoms with van der Waals surface area (Å²) in [4.78, 5) is 19.3. The molecule has 0 aromatic carbocycles. The summed E-state index contributed by atoms with van der Waals surface area (Å²) in [6, 6.07) is 5.88. The van der Waals surface area contributed by atoms with E-state index in [1.807, 2.05) is 24.8 Å². The third-order valence-corrected chi connectivity index (χ3v) is 4.91. The van der Waals surface area contributed by atoms with Crippen molar-refractivity contribution in [3.63, 3.8) is 0 Å². The summed E-state index contributed by atoms with van der Waals surface area (Å²) >= 11 is 0. The second-order valence-electron chi connectivity index (χ2n) is 6.99. The number of likely N-dealkylation sites (tertiary alicyclic amines) is 1. The van der Waals surface area contributed by atoms with Crippen LogP contribution in [0.5, 0.6) is 0 Å². The lowest BCUT2D eigenvalue weighted by molar-refractivity contribution is 0.0735. The minimum atomic E-state index is 0.0149. The van der Waals surface area contributed by atoms with Crippen LogP contribution in [0, 0.1) is 18.3 Å². The fourth-order valence-corrected chi connectivity index (χ4v) is 3.40. The minimum absolute atomic E-state index is 0.0149. The zero-order valence-corrected chi connectivity index (χ0v) is 16.0. The molecule has 0 aliphatic carbocycles. The fourth-order valence-electron chi connectivity index (χ4n) is 3.40. The first-order valence-corrected chi connectivity index (χ1v) is 9.56. The quantitative estimate of drug-likeness (QED) is 0.899. The molecule has 1 unspecified atom stereocenters. The van der Waals surface area contributed by atoms with Crippen molar-refractivity contribution in [3.8, 4) is 6.07 Å². The molecule has 2 aromatic heterocycles. The number of amides is 1. The minimum Gasteiger partial charge on any atom is -0.364 e. The molecule has 1 N–H and O–H groups in total. The Morgan fingerprint density at radius 1 is 1.37 bits per heavy atom. The molecular formula is C20H26N6O. The SMILES string of the molecule is CCn1cc(C(=O)N2CCCCCC(Nc3nc(C)ccc3C#N)C2)cn1. The Morgan fingerprint density at radius 3 is 2.96 bits per heavy atom. The molecule has 0 radical (unpaired) electrons. The van der Waals surface area contributed by atoms with Crippen molar-refractivity contribution in [3.05, 3.63) is 41.3 Å². The summed E-state index contributed by atoms with van der Waals surface area (Å²) in [7, 11) is 0. The molecule has 1 saturated heterocycles. The van der Waals surface area contributed by atoms with Crippen LogP contribution in [0.4, 0.5) is 5.82 Å². The first kappa shape index (κ1) is 18.9. The number of aromatic nitrogens is 3. The van der Waals surface area contributed by atoms with Crippen molar-refractivity contribution in [2.75, 3.05) is 18.4 Å². The van der Waals surface area contributed by atoms with Gasteiger partial charge in [0.15, 0.2) is 0 Å². The van der Waals surface area contributed by atoms with Crippen molar-refractivity contribution in [1.29, 1.82) is 5.26 Å². The Bertz CT molecular complexity index is 837. The largest absolute Gasteiger partial charge is 0.364 e. The standard InChI is InChI=1S/C20H26N6O/c1-3-26-13-17(12-22-26)20(27)25-10-6-4-5-7-18(14-25)24-19-16(11-21)9-8-15(2)23-19/h8-9,12-13,18H,3-7,10,14H2,1-2H3,(H,23,24). The van der Waals surface area contributed by atoms with Gasteiger partial charge < -0.3 is 10.2 Å². The number of hydrogen-bond donors (Lipinski definition) is 1. The molecule has 142 valence electrons. The number of rotatable bonds is 4. The van der Waals surface area contributed by atoms with Gasteiger partial charge in [-0.15, -0.1) is 0 Å². The normalized spacial score (nSPS) is 17.7. The number of carbonyl (C=O) groups is 1. The molecular weight excluding hydrogens is 340 g/mol. The molecule has 2 aromatic rings. The fraction of sp³-hybridized carbons (Fsp3) is 0.500. The summed E-state index contributed by atoms with van der Waals surface area (Å²) in [6.45, 7) is 5.98. The summed E-state index contributed by atoms with van der Waals surface area (Å²) in [6.07, 6.45) is 7.58. The smallest absolute Gasteiger partial charge is 0.257 e. The second kappa shape index (κ2) is 8.67. The van der Waals surface area contributed by atoms with Crippen LogP contribution < -0.4 is 5.32 Å². The van der Waals surface area contributed by atoms with Crippen LogP contribution in [0.15, 0.2) is 24.5 Å². The molecule has 1 fully saturated rings. The number of hydrogen-bond acceptors (Lipinski definition) is 5. The molecule has 0 saturated carbocycles. The molecule has 7 nitrogen and oxygen atoms in total. The van der Waals surface area contributed by atoms with E-state index in [1.54, 1.807) is 23.1 Å². The van der Waals surface area contributed by atoms with Gasteiger partial charge in [-0.05, 0) is 38.8 Å². The van der Waals surface area contributed by atoms with Crippen LogP contribution in [0.1, 0.15) is 54.2 Å². The molecule has 1 aliphatic heterocycles. The van der Waals surface area contributed by atoms with E-state index in [0.717, 1.165) is 44.5 Å². The molecule has 27 heavy (non-hydrogen) atoms. The van der Waals surface area contributed by atoms with Gasteiger partial charge in [-0.25, -0.2) is 4.98 Å². The number of anilines is 1. The Labute approximate surface area is 160 Å². The lowest BCUT2D eigenvalue weighted by atomic mass is 10.0. The van der Waals surface area contributed by atoms with E-state index in [2.05, 4.69) is 21.5 Å². The summed E-state index contributed by atoms with van der Waals surface area (Å²) in [5, 5.41) is 17.0. The van der Waals surface area contributed by atoms with Gasteiger partial charge in [0.1, 0.15) is 11.9 Å². The number of pyridine rings is 1. The summed E-state index contributed by atoms with van der Waals surface area (Å²) in [5.74, 6) is 0.621. The Kier molecular flexibility index (Phi) is 6.07. The van der Waals surface area contributed by atoms with Crippen molar-refractivity contribution in [2.24, 2.45) is 0 Å². The van der Waals surface area contributed by atoms with Gasteiger partial charge in [0.05, 0.1) is 17.3 Å². The van der Waals surface area contributed by atoms with Crippen LogP contribution in [0.25, 0.3) is 0 Å². The van der Waals surface area contributed by atoms with E-state index in [-0.39, 0.29) is 11.9 Å². The van der Waals surface area contributed by atoms with Gasteiger partial charge in [0.2, 0.25) is 0 Å². The third-order valence-electron chi connectivity index (χ3n) is 4.91. The van der Waals surface area contributed by atoms with Gasteiger partial charge in [-0.3, -0.25) is 9.48 Å². The number of aryl methyl sites for hydroxylation is 2. The number of nitriles is 1. The van der Waals surface area contributed by atoms with E-state index in [0.29, 0.717) is 23.5 Å². The zero-order valence-electron chi connectivity index (χ0n) is 16.0. The van der Waals surface area contributed by atoms with Crippen LogP contribution in [0.3, 0.4) is 0 Å². The average molecular weight is 366 g/mol. The van der Waals surface area contributed by atoms with Gasteiger partial charge in [0.25, 0.3) is 5.91 Å². The highest BCUT2D eigenvalue weighted by atomic mass is 16.2. The Morgan fingerprint density at radius 2 is 2.22 bits per heavy atom. The molecule has 1 atom stereocenters. The zero-order chi connectivity index (χ0) is 19.2. The highest BCUT2D eigenvalue weighted by Gasteiger charge is 2.23. The lowest BCUT2D eigenvalue weighted by Gasteiger charge is -2.31. The van der Waals surface area contributed by atoms with E-state index in [1.165, 1.54) is 0 Å². The molecule has 1 aliphatic rings. The van der Waals surface area contributed by atoms with Crippen molar-refractivity contribution in [2.45, 2.75) is 52.1 Å². The maximum atomic E-state index is 12.9. The van der Waals surface area contributed by atoms with E-state index in [4.69, 9.17) is 0 Å². The second-order valence-corrected chi connectivity index (χ2v) is 6.99. The maximum Gasteiger partial charge on any atom is 0.257 e. The molecule has 3 rings (SSSR count). The lowest BCUT2D eigenvalue weighted by Crippen LogP contribution is -2.42. The number of carbonyl (C=O) groups excluding carboxylic acids is 1. The van der Waals surface area contributed by atoms with Crippen LogP contribution in [-0.2, 0) is 6.54 Å². The molecule has 3 heterocycles. The van der Waals surface area contributed by atoms with Crippen molar-refractivity contribution < 1.29 is 4.79 Å². The molecule has 0 spiro atoms. The van der Waals surface area contributed by atoms with Crippen LogP contribution in [-0.4, -0.2) is 44.7 Å². The summed E-state index contributed by atoms with van der Waals surface area (Å²) in [5.41, 5.74) is 2.02. The van der Waals surface area contributed by atoms with Gasteiger partial charge >= 0.3 is 0 Å². The number of nitrogens with one attached hydrogen (secondary N) is 1. The third kappa shape index (κ3) is 4.64. The van der Waals surface area contributed by atoms with E-state index >= 15 is 0 Å². The number of nitrogens with zero attached hydrogens (tertiary/aromatic N) is 5. The van der Waals surface area contributed by atoms with Crippen LogP contribution in [0.2, 0.25) is 0 Å². The monoisotopic (exact) mass is 366 g/mol. The molecule has 1 amide bonds. The van der Waals surface area contributed by atoms with Crippen molar-refractivity contribution in [1.82, 2.24) is 19.7 Å². The Balaban J connectivity index is 1.76. The first-order valence-electron chi connectivity index (χ1n) is 9.56. The van der Waals surface area contributed by atoms with Crippen LogP contribution >= 0.6 is 0 Å². The average Bonchev–Trinajstić information content (AvgIpc) is 3.12. The topological polar surface area (TPSA) is 86.8 Å². The highest BCUT2D eigenvalue weighted by molar-refractivity contribution is 5.93. The highest BCUT2D eigenvalue weighted by Crippen LogP contribution is 2.19. The van der Waals surface area contributed by atoms with E-state index < -0.39 is 0 Å². The predicted octanol–water partition coefficient (Wildman–Crippen LogP) is 2.98. The molecule has 7 heteroatoms. The first-order chi connectivity index (χ1) is 13.1. The maximum absolute atomic E-state index is 12.9. The molecule has 0 bridgehead atoms. The van der Waals surface area contributed by atoms with E-state index in [9.17, 15) is 10.1 Å². The van der Waals surface area contributed by atoms with Crippen molar-refractivity contribution >= 4 is 11.7 Å².